The molecule has 2 amide bonds. The van der Waals surface area contributed by atoms with Gasteiger partial charge in [0.1, 0.15) is 0 Å². The monoisotopic (exact) mass is 543 g/mol. The number of halogens is 3. The van der Waals surface area contributed by atoms with E-state index in [9.17, 15) is 18.0 Å². The highest BCUT2D eigenvalue weighted by Gasteiger charge is 2.52. The molecule has 0 unspecified atom stereocenters. The molecule has 3 aliphatic rings. The third-order valence-corrected chi connectivity index (χ3v) is 9.26. The Morgan fingerprint density at radius 3 is 2.42 bits per heavy atom. The molecule has 202 valence electrons. The summed E-state index contributed by atoms with van der Waals surface area (Å²) in [5.74, 6) is 0. The fraction of sp³-hybridized carbons (Fsp3) is 0.500. The van der Waals surface area contributed by atoms with E-state index in [0.29, 0.717) is 33.9 Å². The topological polar surface area (TPSA) is 51.7 Å². The van der Waals surface area contributed by atoms with Crippen molar-refractivity contribution < 1.29 is 18.0 Å². The first-order valence-electron chi connectivity index (χ1n) is 13.2. The van der Waals surface area contributed by atoms with Crippen LogP contribution in [0.3, 0.4) is 0 Å². The predicted octanol–water partition coefficient (Wildman–Crippen LogP) is 5.59. The van der Waals surface area contributed by atoms with Gasteiger partial charge < -0.3 is 15.1 Å². The lowest BCUT2D eigenvalue weighted by Crippen LogP contribution is -2.68. The van der Waals surface area contributed by atoms with Gasteiger partial charge in [0.15, 0.2) is 5.13 Å². The highest BCUT2D eigenvalue weighted by molar-refractivity contribution is 7.22. The average Bonchev–Trinajstić information content (AvgIpc) is 3.24. The minimum atomic E-state index is -4.37. The molecule has 2 atom stereocenters. The minimum absolute atomic E-state index is 0.0240. The molecule has 10 heteroatoms. The zero-order chi connectivity index (χ0) is 26.7. The lowest BCUT2D eigenvalue weighted by molar-refractivity contribution is -0.137. The molecule has 1 N–H and O–H groups in total. The number of likely N-dealkylation sites (tertiary alicyclic amines) is 1. The first-order chi connectivity index (χ1) is 18.1. The summed E-state index contributed by atoms with van der Waals surface area (Å²) in [6.45, 7) is 8.38. The summed E-state index contributed by atoms with van der Waals surface area (Å²) >= 11 is 1.27. The van der Waals surface area contributed by atoms with Crippen LogP contribution < -0.4 is 10.2 Å². The van der Waals surface area contributed by atoms with Crippen LogP contribution in [-0.4, -0.2) is 65.1 Å². The van der Waals surface area contributed by atoms with Crippen LogP contribution in [0, 0.1) is 5.41 Å². The Bertz CT molecular complexity index is 1300. The number of nitrogens with one attached hydrogen (secondary N) is 1. The lowest BCUT2D eigenvalue weighted by atomic mass is 9.60. The van der Waals surface area contributed by atoms with E-state index in [2.05, 4.69) is 44.4 Å². The largest absolute Gasteiger partial charge is 0.416 e. The summed E-state index contributed by atoms with van der Waals surface area (Å²) in [6, 6.07) is 14.3. The van der Waals surface area contributed by atoms with Crippen molar-refractivity contribution in [2.24, 2.45) is 5.41 Å². The zero-order valence-electron chi connectivity index (χ0n) is 21.5. The molecule has 2 aliphatic heterocycles. The van der Waals surface area contributed by atoms with Crippen molar-refractivity contribution in [3.8, 4) is 0 Å². The van der Waals surface area contributed by atoms with Crippen LogP contribution in [0.2, 0.25) is 0 Å². The van der Waals surface area contributed by atoms with E-state index in [-0.39, 0.29) is 24.2 Å². The number of carbonyl (C=O) groups excluding carboxylic acids is 1. The first-order valence-corrected chi connectivity index (χ1v) is 14.0. The molecule has 0 bridgehead atoms. The summed E-state index contributed by atoms with van der Waals surface area (Å²) in [7, 11) is 0. The maximum absolute atomic E-state index is 13.2. The fourth-order valence-electron chi connectivity index (χ4n) is 6.55. The molecule has 6 rings (SSSR count). The van der Waals surface area contributed by atoms with Crippen molar-refractivity contribution in [2.45, 2.75) is 57.5 Å². The highest BCUT2D eigenvalue weighted by atomic mass is 32.1. The Kier molecular flexibility index (Phi) is 6.30. The van der Waals surface area contributed by atoms with Crippen LogP contribution in [0.15, 0.2) is 48.5 Å². The van der Waals surface area contributed by atoms with E-state index in [1.165, 1.54) is 29.0 Å². The molecule has 1 aromatic heterocycles. The predicted molar refractivity (Wildman–Crippen MR) is 143 cm³/mol. The molecule has 2 aromatic carbocycles. The maximum atomic E-state index is 13.2. The number of nitrogens with zero attached hydrogens (tertiary/aromatic N) is 4. The second-order valence-electron chi connectivity index (χ2n) is 11.4. The van der Waals surface area contributed by atoms with Crippen molar-refractivity contribution in [1.82, 2.24) is 20.1 Å². The number of fused-ring (bicyclic) bond motifs is 1. The van der Waals surface area contributed by atoms with Gasteiger partial charge in [-0.2, -0.15) is 13.2 Å². The van der Waals surface area contributed by atoms with Crippen molar-refractivity contribution >= 4 is 32.7 Å². The normalized spacial score (nSPS) is 23.9. The van der Waals surface area contributed by atoms with Gasteiger partial charge in [-0.1, -0.05) is 41.7 Å². The molecule has 1 saturated carbocycles. The van der Waals surface area contributed by atoms with E-state index in [4.69, 9.17) is 0 Å². The van der Waals surface area contributed by atoms with Crippen LogP contribution in [0.5, 0.6) is 0 Å². The number of carbonyl (C=O) groups is 1. The van der Waals surface area contributed by atoms with Crippen molar-refractivity contribution in [3.05, 3.63) is 59.7 Å². The van der Waals surface area contributed by atoms with Crippen molar-refractivity contribution in [3.63, 3.8) is 0 Å². The third kappa shape index (κ3) is 4.84. The summed E-state index contributed by atoms with van der Waals surface area (Å²) in [5, 5.41) is 3.96. The molecular formula is C28H32F3N5OS. The summed E-state index contributed by atoms with van der Waals surface area (Å²) < 4.78 is 39.9. The number of hydrogen-bond acceptors (Lipinski definition) is 5. The van der Waals surface area contributed by atoms with Gasteiger partial charge in [-0.3, -0.25) is 4.90 Å². The summed E-state index contributed by atoms with van der Waals surface area (Å²) in [4.78, 5) is 24.3. The van der Waals surface area contributed by atoms with Crippen LogP contribution in [-0.2, 0) is 12.7 Å². The molecule has 0 radical (unpaired) electrons. The molecule has 3 heterocycles. The number of piperazine rings is 1. The lowest BCUT2D eigenvalue weighted by Gasteiger charge is -2.59. The molecule has 2 saturated heterocycles. The number of aromatic nitrogens is 1. The van der Waals surface area contributed by atoms with Gasteiger partial charge in [-0.05, 0) is 55.9 Å². The maximum Gasteiger partial charge on any atom is 0.416 e. The number of anilines is 1. The molecule has 6 nitrogen and oxygen atoms in total. The SMILES string of the molecule is C[C@@H]1CN(c2nc3ccc(C(F)(F)F)cc3s2)C[C@H](C)N1C(=O)NC1CC2(C1)CN(Cc1ccccc1)C2. The number of benzene rings is 2. The average molecular weight is 544 g/mol. The summed E-state index contributed by atoms with van der Waals surface area (Å²) in [5.41, 5.74) is 1.59. The van der Waals surface area contributed by atoms with Gasteiger partial charge in [0.05, 0.1) is 15.8 Å². The Labute approximate surface area is 224 Å². The fourth-order valence-corrected chi connectivity index (χ4v) is 7.58. The smallest absolute Gasteiger partial charge is 0.344 e. The molecule has 38 heavy (non-hydrogen) atoms. The van der Waals surface area contributed by atoms with Gasteiger partial charge in [0.25, 0.3) is 0 Å². The van der Waals surface area contributed by atoms with E-state index < -0.39 is 11.7 Å². The van der Waals surface area contributed by atoms with E-state index in [0.717, 1.165) is 38.5 Å². The van der Waals surface area contributed by atoms with Crippen LogP contribution >= 0.6 is 11.3 Å². The van der Waals surface area contributed by atoms with Crippen LogP contribution in [0.25, 0.3) is 10.2 Å². The second kappa shape index (κ2) is 9.41. The molecule has 3 aromatic rings. The number of alkyl halides is 3. The molecule has 3 fully saturated rings. The number of urea groups is 1. The van der Waals surface area contributed by atoms with Gasteiger partial charge in [0.2, 0.25) is 0 Å². The van der Waals surface area contributed by atoms with Gasteiger partial charge in [-0.15, -0.1) is 0 Å². The highest BCUT2D eigenvalue weighted by Crippen LogP contribution is 2.49. The quantitative estimate of drug-likeness (QED) is 0.466. The second-order valence-corrected chi connectivity index (χ2v) is 12.4. The number of amides is 2. The van der Waals surface area contributed by atoms with Crippen LogP contribution in [0.4, 0.5) is 23.1 Å². The van der Waals surface area contributed by atoms with Gasteiger partial charge >= 0.3 is 12.2 Å². The van der Waals surface area contributed by atoms with E-state index in [1.807, 2.05) is 24.8 Å². The Morgan fingerprint density at radius 1 is 1.08 bits per heavy atom. The zero-order valence-corrected chi connectivity index (χ0v) is 22.4. The Hall–Kier alpha value is -2.85. The number of rotatable bonds is 4. The van der Waals surface area contributed by atoms with Gasteiger partial charge in [0, 0.05) is 50.8 Å². The molecular weight excluding hydrogens is 511 g/mol. The van der Waals surface area contributed by atoms with E-state index >= 15 is 0 Å². The standard InChI is InChI=1S/C28H32F3N5OS/c1-18-13-35(26-33-23-9-8-21(28(29,30)31)10-24(23)38-26)14-19(2)36(18)25(37)32-22-11-27(12-22)16-34(17-27)15-20-6-4-3-5-7-20/h3-10,18-19,22H,11-17H2,1-2H3,(H,32,37)/t18-,19+. The van der Waals surface area contributed by atoms with E-state index in [1.54, 1.807) is 0 Å². The number of thiazole rings is 1. The minimum Gasteiger partial charge on any atom is -0.344 e. The molecule has 1 aliphatic carbocycles. The number of hydrogen-bond donors (Lipinski definition) is 1. The van der Waals surface area contributed by atoms with Crippen molar-refractivity contribution in [1.29, 1.82) is 0 Å². The Morgan fingerprint density at radius 2 is 1.76 bits per heavy atom. The summed E-state index contributed by atoms with van der Waals surface area (Å²) in [6.07, 6.45) is -2.32. The third-order valence-electron chi connectivity index (χ3n) is 8.18. The van der Waals surface area contributed by atoms with Crippen molar-refractivity contribution in [2.75, 3.05) is 31.1 Å². The Balaban J connectivity index is 1.02. The van der Waals surface area contributed by atoms with Gasteiger partial charge in [-0.25, -0.2) is 9.78 Å². The first kappa shape index (κ1) is 25.4. The van der Waals surface area contributed by atoms with Crippen LogP contribution in [0.1, 0.15) is 37.8 Å². The molecule has 1 spiro atoms.